The Morgan fingerprint density at radius 1 is 1.13 bits per heavy atom. The Bertz CT molecular complexity index is 792. The van der Waals surface area contributed by atoms with E-state index in [0.29, 0.717) is 11.9 Å². The van der Waals surface area contributed by atoms with Crippen molar-refractivity contribution in [3.05, 3.63) is 36.1 Å². The number of guanidine groups is 1. The number of benzene rings is 1. The number of rotatable bonds is 6. The number of para-hydroxylation sites is 1. The van der Waals surface area contributed by atoms with Crippen LogP contribution in [0.4, 0.5) is 5.69 Å². The lowest BCUT2D eigenvalue weighted by molar-refractivity contribution is -0.136. The quantitative estimate of drug-likeness (QED) is 0.707. The van der Waals surface area contributed by atoms with Crippen molar-refractivity contribution in [2.45, 2.75) is 69.4 Å². The van der Waals surface area contributed by atoms with E-state index in [0.717, 1.165) is 31.5 Å². The van der Waals surface area contributed by atoms with Crippen LogP contribution in [0.3, 0.4) is 0 Å². The van der Waals surface area contributed by atoms with Gasteiger partial charge in [0.25, 0.3) is 0 Å². The number of anilines is 1. The zero-order valence-corrected chi connectivity index (χ0v) is 17.8. The van der Waals surface area contributed by atoms with E-state index in [1.165, 1.54) is 25.7 Å². The topological polar surface area (TPSA) is 83.8 Å². The van der Waals surface area contributed by atoms with E-state index in [1.807, 2.05) is 37.4 Å². The number of hydrogen-bond acceptors (Lipinski definition) is 5. The number of fused-ring (bicyclic) bond motifs is 3. The molecule has 30 heavy (non-hydrogen) atoms. The first kappa shape index (κ1) is 19.8. The summed E-state index contributed by atoms with van der Waals surface area (Å²) in [5.41, 5.74) is 10.1. The summed E-state index contributed by atoms with van der Waals surface area (Å²) < 4.78 is 0. The van der Waals surface area contributed by atoms with Crippen LogP contribution in [0.2, 0.25) is 0 Å². The summed E-state index contributed by atoms with van der Waals surface area (Å²) in [4.78, 5) is 22.1. The molecule has 0 spiro atoms. The number of nitrogens with zero attached hydrogens (tertiary/aromatic N) is 3. The van der Waals surface area contributed by atoms with Crippen LogP contribution in [-0.2, 0) is 4.79 Å². The molecule has 3 fully saturated rings. The molecule has 2 aliphatic heterocycles. The molecule has 4 aliphatic rings. The first-order valence-electron chi connectivity index (χ1n) is 11.5. The summed E-state index contributed by atoms with van der Waals surface area (Å²) in [6.07, 6.45) is 7.47. The molecule has 2 aliphatic carbocycles. The van der Waals surface area contributed by atoms with Crippen molar-refractivity contribution in [2.24, 2.45) is 16.8 Å². The number of nitrogens with one attached hydrogen (secondary N) is 3. The third-order valence-electron chi connectivity index (χ3n) is 7.43. The van der Waals surface area contributed by atoms with Gasteiger partial charge in [0.15, 0.2) is 0 Å². The molecule has 1 aromatic rings. The lowest BCUT2D eigenvalue weighted by atomic mass is 9.94. The van der Waals surface area contributed by atoms with E-state index in [9.17, 15) is 4.79 Å². The fourth-order valence-electron chi connectivity index (χ4n) is 5.79. The van der Waals surface area contributed by atoms with E-state index in [2.05, 4.69) is 15.5 Å². The standard InChI is InChI=1S/C23H33N6O/c1-28-22(30)19(20(24)29-18-13-7-12-17(18)27-23(28)29)21(25-14-15-8-5-6-9-15)26-16-10-3-2-4-11-16/h2-4,10-11,15,17-21,24-26H,5-9,12-14H2,1H3/q-1/t17-,18+,19?,20?,21?/m1/s1. The van der Waals surface area contributed by atoms with Crippen LogP contribution in [0.5, 0.6) is 0 Å². The molecule has 0 bridgehead atoms. The van der Waals surface area contributed by atoms with Crippen molar-refractivity contribution in [1.82, 2.24) is 15.1 Å². The Kier molecular flexibility index (Phi) is 5.41. The Morgan fingerprint density at radius 2 is 1.90 bits per heavy atom. The van der Waals surface area contributed by atoms with Crippen molar-refractivity contribution in [3.8, 4) is 0 Å². The first-order chi connectivity index (χ1) is 14.6. The van der Waals surface area contributed by atoms with Crippen LogP contribution in [0.15, 0.2) is 35.3 Å². The zero-order chi connectivity index (χ0) is 20.7. The molecule has 1 aromatic carbocycles. The second-order valence-corrected chi connectivity index (χ2v) is 9.32. The second-order valence-electron chi connectivity index (χ2n) is 9.32. The molecule has 1 amide bonds. The third-order valence-corrected chi connectivity index (χ3v) is 7.43. The summed E-state index contributed by atoms with van der Waals surface area (Å²) in [5, 5.41) is 7.20. The summed E-state index contributed by atoms with van der Waals surface area (Å²) in [5.74, 6) is 0.862. The van der Waals surface area contributed by atoms with Gasteiger partial charge in [-0.25, -0.2) is 4.99 Å². The van der Waals surface area contributed by atoms with Gasteiger partial charge in [-0.3, -0.25) is 15.0 Å². The average molecular weight is 410 g/mol. The largest absolute Gasteiger partial charge is 0.657 e. The fourth-order valence-corrected chi connectivity index (χ4v) is 5.79. The highest BCUT2D eigenvalue weighted by Gasteiger charge is 2.50. The first-order valence-corrected chi connectivity index (χ1v) is 11.5. The Balaban J connectivity index is 1.41. The number of carbonyl (C=O) groups excluding carboxylic acids is 1. The molecule has 1 saturated heterocycles. The van der Waals surface area contributed by atoms with Gasteiger partial charge >= 0.3 is 0 Å². The highest BCUT2D eigenvalue weighted by atomic mass is 16.2. The van der Waals surface area contributed by atoms with Crippen molar-refractivity contribution in [1.29, 1.82) is 0 Å². The van der Waals surface area contributed by atoms with Crippen LogP contribution >= 0.6 is 0 Å². The van der Waals surface area contributed by atoms with Gasteiger partial charge in [0.1, 0.15) is 0 Å². The predicted molar refractivity (Wildman–Crippen MR) is 119 cm³/mol. The number of aliphatic imine (C=N–C) groups is 1. The van der Waals surface area contributed by atoms with Gasteiger partial charge in [0.05, 0.1) is 24.2 Å². The van der Waals surface area contributed by atoms with Crippen molar-refractivity contribution >= 4 is 17.6 Å². The van der Waals surface area contributed by atoms with Crippen LogP contribution in [0.25, 0.3) is 5.73 Å². The minimum Gasteiger partial charge on any atom is -0.657 e. The second kappa shape index (κ2) is 8.19. The van der Waals surface area contributed by atoms with Gasteiger partial charge in [0.2, 0.25) is 11.9 Å². The Morgan fingerprint density at radius 3 is 2.67 bits per heavy atom. The highest BCUT2D eigenvalue weighted by molar-refractivity contribution is 6.02. The molecule has 5 rings (SSSR count). The minimum atomic E-state index is -0.627. The van der Waals surface area contributed by atoms with Gasteiger partial charge < -0.3 is 16.0 Å². The molecule has 162 valence electrons. The number of hydrogen-bond donors (Lipinski definition) is 2. The predicted octanol–water partition coefficient (Wildman–Crippen LogP) is 3.26. The molecule has 3 N–H and O–H groups in total. The number of amides is 1. The summed E-state index contributed by atoms with van der Waals surface area (Å²) in [7, 11) is 1.82. The Labute approximate surface area is 179 Å². The van der Waals surface area contributed by atoms with Gasteiger partial charge in [-0.15, -0.1) is 0 Å². The molecule has 0 radical (unpaired) electrons. The molecule has 2 saturated carbocycles. The normalized spacial score (nSPS) is 32.2. The molecule has 3 unspecified atom stereocenters. The van der Waals surface area contributed by atoms with Gasteiger partial charge in [-0.1, -0.05) is 31.0 Å². The maximum absolute atomic E-state index is 13.4. The molecule has 0 aromatic heterocycles. The van der Waals surface area contributed by atoms with Crippen molar-refractivity contribution < 1.29 is 4.79 Å². The molecule has 7 heteroatoms. The van der Waals surface area contributed by atoms with E-state index in [-0.39, 0.29) is 24.2 Å². The van der Waals surface area contributed by atoms with Crippen LogP contribution in [0, 0.1) is 11.8 Å². The summed E-state index contributed by atoms with van der Waals surface area (Å²) >= 11 is 0. The maximum Gasteiger partial charge on any atom is 0.235 e. The van der Waals surface area contributed by atoms with Gasteiger partial charge in [-0.2, -0.15) is 0 Å². The molecule has 2 heterocycles. The molecule has 7 nitrogen and oxygen atoms in total. The van der Waals surface area contributed by atoms with Crippen LogP contribution < -0.4 is 10.6 Å². The lowest BCUT2D eigenvalue weighted by Gasteiger charge is -2.51. The maximum atomic E-state index is 13.4. The molecular weight excluding hydrogens is 376 g/mol. The van der Waals surface area contributed by atoms with E-state index >= 15 is 0 Å². The average Bonchev–Trinajstić information content (AvgIpc) is 3.48. The van der Waals surface area contributed by atoms with E-state index in [1.54, 1.807) is 4.90 Å². The zero-order valence-electron chi connectivity index (χ0n) is 17.8. The number of carbonyl (C=O) groups is 1. The third kappa shape index (κ3) is 3.48. The van der Waals surface area contributed by atoms with Gasteiger partial charge in [0, 0.05) is 12.7 Å². The van der Waals surface area contributed by atoms with Gasteiger partial charge in [-0.05, 0) is 62.9 Å². The molecule has 5 atom stereocenters. The van der Waals surface area contributed by atoms with Crippen molar-refractivity contribution in [2.75, 3.05) is 18.9 Å². The SMILES string of the molecule is CN1C(=O)C(C(NCC2CCCC2)Nc2ccccc2)C([NH-])N2C1=N[C@@H]1CCC[C@@H]12. The smallest absolute Gasteiger partial charge is 0.235 e. The Hall–Kier alpha value is -2.12. The van der Waals surface area contributed by atoms with E-state index in [4.69, 9.17) is 10.7 Å². The summed E-state index contributed by atoms with van der Waals surface area (Å²) in [6, 6.07) is 10.6. The van der Waals surface area contributed by atoms with Crippen LogP contribution in [0.1, 0.15) is 44.9 Å². The highest BCUT2D eigenvalue weighted by Crippen LogP contribution is 2.39. The monoisotopic (exact) mass is 409 g/mol. The minimum absolute atomic E-state index is 0.0164. The van der Waals surface area contributed by atoms with E-state index < -0.39 is 12.1 Å². The fraction of sp³-hybridized carbons (Fsp3) is 0.652. The van der Waals surface area contributed by atoms with Crippen molar-refractivity contribution in [3.63, 3.8) is 0 Å². The molecular formula is C23H33N6O-. The van der Waals surface area contributed by atoms with Crippen LogP contribution in [-0.4, -0.2) is 59.7 Å². The lowest BCUT2D eigenvalue weighted by Crippen LogP contribution is -2.66. The summed E-state index contributed by atoms with van der Waals surface area (Å²) in [6.45, 7) is 0.887.